The summed E-state index contributed by atoms with van der Waals surface area (Å²) in [4.78, 5) is 67.5. The summed E-state index contributed by atoms with van der Waals surface area (Å²) in [5.74, 6) is -3.87. The lowest BCUT2D eigenvalue weighted by Crippen LogP contribution is -2.58. The molecule has 35 heavy (non-hydrogen) atoms. The fourth-order valence-electron chi connectivity index (χ4n) is 2.91. The molecule has 0 fully saturated rings. The van der Waals surface area contributed by atoms with E-state index in [1.165, 1.54) is 31.2 Å². The van der Waals surface area contributed by atoms with Gasteiger partial charge in [0.25, 0.3) is 0 Å². The van der Waals surface area contributed by atoms with Crippen molar-refractivity contribution in [1.82, 2.24) is 25.9 Å². The van der Waals surface area contributed by atoms with E-state index in [1.807, 2.05) is 6.26 Å². The van der Waals surface area contributed by atoms with Crippen LogP contribution in [0.4, 0.5) is 0 Å². The van der Waals surface area contributed by atoms with Crippen LogP contribution in [-0.2, 0) is 30.4 Å². The molecule has 1 heterocycles. The summed E-state index contributed by atoms with van der Waals surface area (Å²) in [5.41, 5.74) is 11.2. The number of primary amides is 1. The summed E-state index contributed by atoms with van der Waals surface area (Å²) in [6.07, 6.45) is 3.12. The highest BCUT2D eigenvalue weighted by atomic mass is 32.2. The molecule has 0 bridgehead atoms. The number of carbonyl (C=O) groups excluding carboxylic acids is 4. The number of nitrogens with two attached hydrogens (primary N) is 2. The third kappa shape index (κ3) is 10.7. The van der Waals surface area contributed by atoms with Crippen molar-refractivity contribution in [3.8, 4) is 0 Å². The highest BCUT2D eigenvalue weighted by molar-refractivity contribution is 7.98. The van der Waals surface area contributed by atoms with Crippen molar-refractivity contribution in [2.24, 2.45) is 11.5 Å². The molecule has 10 N–H and O–H groups in total. The number of thioether (sulfide) groups is 1. The number of imidazole rings is 1. The topological polar surface area (TPSA) is 243 Å². The van der Waals surface area contributed by atoms with Crippen molar-refractivity contribution >= 4 is 41.4 Å². The molecule has 0 saturated carbocycles. The summed E-state index contributed by atoms with van der Waals surface area (Å²) >= 11 is 1.43. The van der Waals surface area contributed by atoms with Crippen LogP contribution in [0, 0.1) is 0 Å². The average molecular weight is 516 g/mol. The van der Waals surface area contributed by atoms with E-state index >= 15 is 0 Å². The first kappa shape index (κ1) is 29.9. The largest absolute Gasteiger partial charge is 0.480 e. The van der Waals surface area contributed by atoms with Crippen molar-refractivity contribution in [3.63, 3.8) is 0 Å². The lowest BCUT2D eigenvalue weighted by molar-refractivity contribution is -0.142. The fraction of sp³-hybridized carbons (Fsp3) is 0.600. The number of amides is 4. The number of carbonyl (C=O) groups is 5. The first-order valence-electron chi connectivity index (χ1n) is 10.8. The first-order chi connectivity index (χ1) is 16.5. The van der Waals surface area contributed by atoms with Crippen molar-refractivity contribution in [2.45, 2.75) is 62.9 Å². The molecular weight excluding hydrogens is 482 g/mol. The number of hydrogen-bond acceptors (Lipinski definition) is 9. The zero-order valence-corrected chi connectivity index (χ0v) is 20.3. The van der Waals surface area contributed by atoms with Crippen LogP contribution in [0.5, 0.6) is 0 Å². The Morgan fingerprint density at radius 3 is 2.17 bits per heavy atom. The number of aliphatic hydroxyl groups excluding tert-OH is 1. The molecule has 1 rings (SSSR count). The van der Waals surface area contributed by atoms with Crippen molar-refractivity contribution in [2.75, 3.05) is 12.0 Å². The summed E-state index contributed by atoms with van der Waals surface area (Å²) in [6, 6.07) is -4.98. The van der Waals surface area contributed by atoms with E-state index in [1.54, 1.807) is 0 Å². The van der Waals surface area contributed by atoms with E-state index in [0.29, 0.717) is 11.4 Å². The molecular formula is C20H33N7O7S. The minimum absolute atomic E-state index is 0.0594. The molecule has 5 atom stereocenters. The smallest absolute Gasteiger partial charge is 0.326 e. The molecule has 0 aliphatic rings. The quantitative estimate of drug-likeness (QED) is 0.112. The Hall–Kier alpha value is -3.17. The molecule has 196 valence electrons. The van der Waals surface area contributed by atoms with E-state index in [2.05, 4.69) is 25.9 Å². The summed E-state index contributed by atoms with van der Waals surface area (Å²) in [6.45, 7) is 1.34. The van der Waals surface area contributed by atoms with Gasteiger partial charge in [-0.15, -0.1) is 0 Å². The second-order valence-electron chi connectivity index (χ2n) is 7.86. The third-order valence-corrected chi connectivity index (χ3v) is 5.62. The number of hydrogen-bond donors (Lipinski definition) is 8. The van der Waals surface area contributed by atoms with E-state index in [0.717, 1.165) is 0 Å². The normalized spacial score (nSPS) is 15.2. The first-order valence-corrected chi connectivity index (χ1v) is 12.2. The molecule has 0 aliphatic heterocycles. The number of nitrogens with zero attached hydrogens (tertiary/aromatic N) is 1. The van der Waals surface area contributed by atoms with Crippen LogP contribution in [0.25, 0.3) is 0 Å². The van der Waals surface area contributed by atoms with E-state index in [4.69, 9.17) is 11.5 Å². The van der Waals surface area contributed by atoms with Gasteiger partial charge in [-0.2, -0.15) is 11.8 Å². The monoisotopic (exact) mass is 515 g/mol. The maximum Gasteiger partial charge on any atom is 0.326 e. The van der Waals surface area contributed by atoms with Crippen LogP contribution < -0.4 is 27.4 Å². The van der Waals surface area contributed by atoms with Gasteiger partial charge in [0.05, 0.1) is 12.4 Å². The number of carboxylic acid groups (broad SMARTS) is 1. The van der Waals surface area contributed by atoms with Crippen molar-refractivity contribution in [1.29, 1.82) is 0 Å². The molecule has 4 amide bonds. The third-order valence-electron chi connectivity index (χ3n) is 4.97. The lowest BCUT2D eigenvalue weighted by atomic mass is 10.1. The zero-order valence-electron chi connectivity index (χ0n) is 19.5. The molecule has 14 nitrogen and oxygen atoms in total. The number of aliphatic hydroxyl groups is 1. The van der Waals surface area contributed by atoms with Gasteiger partial charge in [0.15, 0.2) is 0 Å². The molecule has 0 radical (unpaired) electrons. The van der Waals surface area contributed by atoms with Crippen molar-refractivity contribution < 1.29 is 34.2 Å². The standard InChI is InChI=1S/C20H33N7O7S/c1-10(28)16(22)19(32)25-12(5-6-35-2)17(30)27-14(7-11-8-23-9-24-11)18(31)26-13(20(33)34)3-4-15(21)29/h8-10,12-14,16,28H,3-7,22H2,1-2H3,(H2,21,29)(H,23,24)(H,25,32)(H,26,31)(H,27,30)(H,33,34). The van der Waals surface area contributed by atoms with Crippen LogP contribution in [0.15, 0.2) is 12.5 Å². The highest BCUT2D eigenvalue weighted by Gasteiger charge is 2.31. The SMILES string of the molecule is CSCCC(NC(=O)C(N)C(C)O)C(=O)NC(Cc1cnc[nH]1)C(=O)NC(CCC(N)=O)C(=O)O. The Balaban J connectivity index is 3.05. The van der Waals surface area contributed by atoms with Crippen LogP contribution in [-0.4, -0.2) is 92.1 Å². The van der Waals surface area contributed by atoms with Crippen LogP contribution in [0.1, 0.15) is 31.9 Å². The second kappa shape index (κ2) is 15.0. The van der Waals surface area contributed by atoms with Gasteiger partial charge in [-0.05, 0) is 31.8 Å². The zero-order chi connectivity index (χ0) is 26.5. The second-order valence-corrected chi connectivity index (χ2v) is 8.84. The maximum absolute atomic E-state index is 13.0. The van der Waals surface area contributed by atoms with Gasteiger partial charge in [0, 0.05) is 24.7 Å². The van der Waals surface area contributed by atoms with Gasteiger partial charge in [-0.3, -0.25) is 19.2 Å². The number of H-pyrrole nitrogens is 1. The Morgan fingerprint density at radius 1 is 1.06 bits per heavy atom. The fourth-order valence-corrected chi connectivity index (χ4v) is 3.38. The Morgan fingerprint density at radius 2 is 1.66 bits per heavy atom. The van der Waals surface area contributed by atoms with Gasteiger partial charge in [0.2, 0.25) is 23.6 Å². The van der Waals surface area contributed by atoms with E-state index in [-0.39, 0.29) is 25.7 Å². The average Bonchev–Trinajstić information content (AvgIpc) is 3.30. The summed E-state index contributed by atoms with van der Waals surface area (Å²) in [7, 11) is 0. The number of aromatic amines is 1. The Kier molecular flexibility index (Phi) is 12.8. The van der Waals surface area contributed by atoms with Gasteiger partial charge in [-0.25, -0.2) is 9.78 Å². The van der Waals surface area contributed by atoms with Gasteiger partial charge >= 0.3 is 5.97 Å². The predicted octanol–water partition coefficient (Wildman–Crippen LogP) is -2.78. The van der Waals surface area contributed by atoms with Gasteiger partial charge < -0.3 is 42.6 Å². The van der Waals surface area contributed by atoms with E-state index in [9.17, 15) is 34.2 Å². The van der Waals surface area contributed by atoms with Crippen LogP contribution in [0.2, 0.25) is 0 Å². The predicted molar refractivity (Wildman–Crippen MR) is 127 cm³/mol. The summed E-state index contributed by atoms with van der Waals surface area (Å²) in [5, 5.41) is 26.3. The number of rotatable bonds is 16. The lowest BCUT2D eigenvalue weighted by Gasteiger charge is -2.25. The molecule has 5 unspecified atom stereocenters. The highest BCUT2D eigenvalue weighted by Crippen LogP contribution is 2.06. The number of carboxylic acids is 1. The number of aliphatic carboxylic acids is 1. The molecule has 1 aromatic heterocycles. The molecule has 15 heteroatoms. The molecule has 1 aromatic rings. The Labute approximate surface area is 206 Å². The van der Waals surface area contributed by atoms with E-state index < -0.39 is 59.9 Å². The Bertz CT molecular complexity index is 866. The maximum atomic E-state index is 13.0. The molecule has 0 spiro atoms. The van der Waals surface area contributed by atoms with Crippen molar-refractivity contribution in [3.05, 3.63) is 18.2 Å². The van der Waals surface area contributed by atoms with Crippen LogP contribution >= 0.6 is 11.8 Å². The molecule has 0 aliphatic carbocycles. The minimum Gasteiger partial charge on any atom is -0.480 e. The van der Waals surface area contributed by atoms with Crippen LogP contribution in [0.3, 0.4) is 0 Å². The van der Waals surface area contributed by atoms with Gasteiger partial charge in [-0.1, -0.05) is 0 Å². The van der Waals surface area contributed by atoms with Gasteiger partial charge in [0.1, 0.15) is 24.2 Å². The molecule has 0 aromatic carbocycles. The summed E-state index contributed by atoms with van der Waals surface area (Å²) < 4.78 is 0. The molecule has 0 saturated heterocycles. The number of aromatic nitrogens is 2. The minimum atomic E-state index is -1.41. The number of nitrogens with one attached hydrogen (secondary N) is 4.